The van der Waals surface area contributed by atoms with Gasteiger partial charge in [-0.2, -0.15) is 0 Å². The van der Waals surface area contributed by atoms with Crippen LogP contribution in [-0.2, 0) is 4.79 Å². The first-order valence-electron chi connectivity index (χ1n) is 8.36. The average Bonchev–Trinajstić information content (AvgIpc) is 2.45. The third kappa shape index (κ3) is 21.4. The van der Waals surface area contributed by atoms with E-state index in [0.29, 0.717) is 36.9 Å². The van der Waals surface area contributed by atoms with Crippen molar-refractivity contribution in [2.75, 3.05) is 13.2 Å². The van der Waals surface area contributed by atoms with Crippen LogP contribution in [0, 0.1) is 35.5 Å². The third-order valence-corrected chi connectivity index (χ3v) is 4.24. The molecule has 0 aliphatic rings. The molecule has 144 valence electrons. The summed E-state index contributed by atoms with van der Waals surface area (Å²) in [5.74, 6) is 1.47. The summed E-state index contributed by atoms with van der Waals surface area (Å²) in [6, 6.07) is 0. The minimum absolute atomic E-state index is 0. The van der Waals surface area contributed by atoms with Crippen LogP contribution in [0.15, 0.2) is 0 Å². The van der Waals surface area contributed by atoms with E-state index in [-0.39, 0.29) is 19.3 Å². The van der Waals surface area contributed by atoms with Gasteiger partial charge in [-0.1, -0.05) is 69.7 Å². The summed E-state index contributed by atoms with van der Waals surface area (Å²) >= 11 is 0. The summed E-state index contributed by atoms with van der Waals surface area (Å²) in [6.07, 6.45) is 0. The number of carboxylic acids is 1. The van der Waals surface area contributed by atoms with Crippen LogP contribution in [-0.4, -0.2) is 34.5 Å². The average molecular weight is 337 g/mol. The van der Waals surface area contributed by atoms with Gasteiger partial charge in [0.05, 0.1) is 5.92 Å². The molecule has 0 rings (SSSR count). The molecular weight excluding hydrogens is 292 g/mol. The maximum absolute atomic E-state index is 10.1. The Labute approximate surface area is 145 Å². The van der Waals surface area contributed by atoms with Crippen LogP contribution in [0.1, 0.15) is 69.7 Å². The zero-order valence-corrected chi connectivity index (χ0v) is 16.1. The van der Waals surface area contributed by atoms with Gasteiger partial charge in [-0.3, -0.25) is 4.79 Å². The number of hydrogen-bond donors (Lipinski definition) is 3. The van der Waals surface area contributed by atoms with E-state index in [2.05, 4.69) is 27.7 Å². The predicted octanol–water partition coefficient (Wildman–Crippen LogP) is 4.54. The summed E-state index contributed by atoms with van der Waals surface area (Å²) < 4.78 is 0. The smallest absolute Gasteiger partial charge is 0.306 e. The number of aliphatic hydroxyl groups excluding tert-OH is 2. The van der Waals surface area contributed by atoms with Crippen LogP contribution < -0.4 is 0 Å². The summed E-state index contributed by atoms with van der Waals surface area (Å²) in [4.78, 5) is 10.1. The van der Waals surface area contributed by atoms with Crippen molar-refractivity contribution in [3.05, 3.63) is 0 Å². The second-order valence-electron chi connectivity index (χ2n) is 7.18. The van der Waals surface area contributed by atoms with E-state index >= 15 is 0 Å². The topological polar surface area (TPSA) is 77.8 Å². The SMILES string of the molecule is C.CC(C)C(C)C(=O)O.CC(C)C(C)CO.CC(C)C(C)CO. The summed E-state index contributed by atoms with van der Waals surface area (Å²) in [6.45, 7) is 18.7. The molecule has 3 atom stereocenters. The lowest BCUT2D eigenvalue weighted by molar-refractivity contribution is -0.142. The maximum Gasteiger partial charge on any atom is 0.306 e. The van der Waals surface area contributed by atoms with E-state index in [1.54, 1.807) is 6.92 Å². The molecule has 0 saturated heterocycles. The number of hydrogen-bond acceptors (Lipinski definition) is 3. The Balaban J connectivity index is -0.000000116. The number of carbonyl (C=O) groups is 1. The zero-order valence-electron chi connectivity index (χ0n) is 16.1. The standard InChI is InChI=1S/C6H12O2.2C6H14O.CH4/c1-4(2)5(3)6(7)8;2*1-5(2)6(3)4-7;/h4-5H,1-3H3,(H,7,8);2*5-7H,4H2,1-3H3;1H4. The molecule has 0 saturated carbocycles. The van der Waals surface area contributed by atoms with Gasteiger partial charge in [-0.05, 0) is 29.6 Å². The molecule has 3 N–H and O–H groups in total. The van der Waals surface area contributed by atoms with E-state index in [9.17, 15) is 4.79 Å². The van der Waals surface area contributed by atoms with Crippen LogP contribution in [0.2, 0.25) is 0 Å². The maximum atomic E-state index is 10.1. The van der Waals surface area contributed by atoms with Crippen molar-refractivity contribution in [3.8, 4) is 0 Å². The van der Waals surface area contributed by atoms with Gasteiger partial charge >= 0.3 is 5.97 Å². The first-order chi connectivity index (χ1) is 9.91. The molecule has 4 nitrogen and oxygen atoms in total. The molecule has 3 unspecified atom stereocenters. The molecule has 0 fully saturated rings. The van der Waals surface area contributed by atoms with Crippen LogP contribution in [0.5, 0.6) is 0 Å². The third-order valence-electron chi connectivity index (χ3n) is 4.24. The highest BCUT2D eigenvalue weighted by molar-refractivity contribution is 5.69. The fourth-order valence-electron chi connectivity index (χ4n) is 0.707. The fourth-order valence-corrected chi connectivity index (χ4v) is 0.707. The van der Waals surface area contributed by atoms with Crippen molar-refractivity contribution in [1.29, 1.82) is 0 Å². The first-order valence-corrected chi connectivity index (χ1v) is 8.36. The predicted molar refractivity (Wildman–Crippen MR) is 101 cm³/mol. The van der Waals surface area contributed by atoms with Gasteiger partial charge in [0.25, 0.3) is 0 Å². The summed E-state index contributed by atoms with van der Waals surface area (Å²) in [5.41, 5.74) is 0. The van der Waals surface area contributed by atoms with Crippen LogP contribution in [0.25, 0.3) is 0 Å². The minimum Gasteiger partial charge on any atom is -0.481 e. The van der Waals surface area contributed by atoms with Gasteiger partial charge in [0.2, 0.25) is 0 Å². The summed E-state index contributed by atoms with van der Waals surface area (Å²) in [7, 11) is 0. The van der Waals surface area contributed by atoms with E-state index in [1.807, 2.05) is 27.7 Å². The molecule has 0 aromatic carbocycles. The Kier molecular flexibility index (Phi) is 23.4. The van der Waals surface area contributed by atoms with Gasteiger partial charge in [-0.25, -0.2) is 0 Å². The highest BCUT2D eigenvalue weighted by Gasteiger charge is 2.13. The summed E-state index contributed by atoms with van der Waals surface area (Å²) in [5, 5.41) is 25.4. The molecule has 0 radical (unpaired) electrons. The second kappa shape index (κ2) is 17.7. The minimum atomic E-state index is -0.708. The van der Waals surface area contributed by atoms with E-state index < -0.39 is 5.97 Å². The highest BCUT2D eigenvalue weighted by atomic mass is 16.4. The van der Waals surface area contributed by atoms with E-state index in [4.69, 9.17) is 15.3 Å². The number of carboxylic acid groups (broad SMARTS) is 1. The van der Waals surface area contributed by atoms with Crippen molar-refractivity contribution in [3.63, 3.8) is 0 Å². The first kappa shape index (κ1) is 30.3. The quantitative estimate of drug-likeness (QED) is 0.665. The molecule has 0 aromatic heterocycles. The van der Waals surface area contributed by atoms with Crippen LogP contribution in [0.4, 0.5) is 0 Å². The molecule has 0 aliphatic carbocycles. The van der Waals surface area contributed by atoms with Gasteiger partial charge in [0.1, 0.15) is 0 Å². The molecule has 0 amide bonds. The molecule has 0 bridgehead atoms. The van der Waals surface area contributed by atoms with Gasteiger partial charge in [0.15, 0.2) is 0 Å². The van der Waals surface area contributed by atoms with Crippen molar-refractivity contribution in [2.24, 2.45) is 35.5 Å². The van der Waals surface area contributed by atoms with Crippen molar-refractivity contribution >= 4 is 5.97 Å². The van der Waals surface area contributed by atoms with Gasteiger partial charge in [-0.15, -0.1) is 0 Å². The molecule has 23 heavy (non-hydrogen) atoms. The lowest BCUT2D eigenvalue weighted by atomic mass is 9.99. The lowest BCUT2D eigenvalue weighted by Gasteiger charge is -2.09. The molecule has 0 aromatic rings. The van der Waals surface area contributed by atoms with Crippen molar-refractivity contribution in [2.45, 2.75) is 69.7 Å². The monoisotopic (exact) mass is 336 g/mol. The Bertz CT molecular complexity index is 236. The van der Waals surface area contributed by atoms with Crippen molar-refractivity contribution in [1.82, 2.24) is 0 Å². The molecule has 0 aliphatic heterocycles. The number of aliphatic carboxylic acids is 1. The van der Waals surface area contributed by atoms with Crippen LogP contribution in [0.3, 0.4) is 0 Å². The molecule has 0 heterocycles. The highest BCUT2D eigenvalue weighted by Crippen LogP contribution is 2.08. The Hall–Kier alpha value is -0.610. The van der Waals surface area contributed by atoms with E-state index in [0.717, 1.165) is 0 Å². The van der Waals surface area contributed by atoms with E-state index in [1.165, 1.54) is 0 Å². The van der Waals surface area contributed by atoms with Gasteiger partial charge in [0, 0.05) is 13.2 Å². The van der Waals surface area contributed by atoms with Crippen LogP contribution >= 0.6 is 0 Å². The van der Waals surface area contributed by atoms with Crippen molar-refractivity contribution < 1.29 is 20.1 Å². The fraction of sp³-hybridized carbons (Fsp3) is 0.947. The van der Waals surface area contributed by atoms with Gasteiger partial charge < -0.3 is 15.3 Å². The molecular formula is C19H44O4. The molecule has 0 spiro atoms. The largest absolute Gasteiger partial charge is 0.481 e. The Morgan fingerprint density at radius 3 is 0.957 bits per heavy atom. The molecule has 4 heteroatoms. The Morgan fingerprint density at radius 1 is 0.696 bits per heavy atom. The lowest BCUT2D eigenvalue weighted by Crippen LogP contribution is -2.15. The normalized spacial score (nSPS) is 14.0. The second-order valence-corrected chi connectivity index (χ2v) is 7.18. The zero-order chi connectivity index (χ0) is 18.5. The number of rotatable bonds is 6. The Morgan fingerprint density at radius 2 is 0.957 bits per heavy atom. The number of aliphatic hydroxyl groups is 2.